The highest BCUT2D eigenvalue weighted by atomic mass is 16.3. The average Bonchev–Trinajstić information content (AvgIpc) is 2.78. The van der Waals surface area contributed by atoms with Gasteiger partial charge in [0.15, 0.2) is 0 Å². The Labute approximate surface area is 76.2 Å². The minimum atomic E-state index is -0.0353. The van der Waals surface area contributed by atoms with Crippen molar-refractivity contribution in [3.05, 3.63) is 0 Å². The third-order valence-electron chi connectivity index (χ3n) is 3.03. The second-order valence-electron chi connectivity index (χ2n) is 4.54. The average molecular weight is 170 g/mol. The van der Waals surface area contributed by atoms with Crippen LogP contribution in [0.25, 0.3) is 0 Å². The summed E-state index contributed by atoms with van der Waals surface area (Å²) in [5, 5.41) is 9.74. The van der Waals surface area contributed by atoms with E-state index < -0.39 is 0 Å². The van der Waals surface area contributed by atoms with E-state index in [1.54, 1.807) is 0 Å². The van der Waals surface area contributed by atoms with Gasteiger partial charge < -0.3 is 5.11 Å². The molecule has 0 aromatic carbocycles. The molecule has 0 aliphatic heterocycles. The van der Waals surface area contributed by atoms with Gasteiger partial charge in [0.05, 0.1) is 6.10 Å². The number of aliphatic hydroxyl groups excluding tert-OH is 1. The molecule has 1 heteroatoms. The minimum Gasteiger partial charge on any atom is -0.393 e. The van der Waals surface area contributed by atoms with E-state index in [4.69, 9.17) is 0 Å². The van der Waals surface area contributed by atoms with Gasteiger partial charge in [-0.2, -0.15) is 0 Å². The van der Waals surface area contributed by atoms with E-state index >= 15 is 0 Å². The maximum atomic E-state index is 9.74. The Hall–Kier alpha value is -0.0400. The largest absolute Gasteiger partial charge is 0.393 e. The first kappa shape index (κ1) is 10.0. The Balaban J connectivity index is 2.14. The number of hydrogen-bond acceptors (Lipinski definition) is 1. The lowest BCUT2D eigenvalue weighted by Gasteiger charge is -2.13. The van der Waals surface area contributed by atoms with Crippen LogP contribution in [0.4, 0.5) is 0 Å². The normalized spacial score (nSPS) is 30.8. The molecule has 3 atom stereocenters. The molecule has 0 saturated heterocycles. The molecule has 12 heavy (non-hydrogen) atoms. The topological polar surface area (TPSA) is 20.2 Å². The lowest BCUT2D eigenvalue weighted by atomic mass is 10.0. The van der Waals surface area contributed by atoms with Gasteiger partial charge in [-0.1, -0.05) is 40.0 Å². The van der Waals surface area contributed by atoms with Crippen LogP contribution in [0.2, 0.25) is 0 Å². The fourth-order valence-electron chi connectivity index (χ4n) is 1.98. The summed E-state index contributed by atoms with van der Waals surface area (Å²) in [5.74, 6) is 1.93. The summed E-state index contributed by atoms with van der Waals surface area (Å²) in [5.41, 5.74) is 0. The fraction of sp³-hybridized carbons (Fsp3) is 1.00. The van der Waals surface area contributed by atoms with Gasteiger partial charge in [-0.05, 0) is 24.2 Å². The lowest BCUT2D eigenvalue weighted by Crippen LogP contribution is -2.18. The summed E-state index contributed by atoms with van der Waals surface area (Å²) in [6.45, 7) is 6.45. The molecule has 0 spiro atoms. The van der Waals surface area contributed by atoms with Crippen molar-refractivity contribution in [2.45, 2.75) is 52.6 Å². The molecule has 0 aromatic heterocycles. The van der Waals surface area contributed by atoms with Gasteiger partial charge in [-0.3, -0.25) is 0 Å². The van der Waals surface area contributed by atoms with Crippen LogP contribution >= 0.6 is 0 Å². The Morgan fingerprint density at radius 2 is 2.08 bits per heavy atom. The second-order valence-corrected chi connectivity index (χ2v) is 4.54. The smallest absolute Gasteiger partial charge is 0.0594 e. The van der Waals surface area contributed by atoms with E-state index in [-0.39, 0.29) is 6.10 Å². The highest BCUT2D eigenvalue weighted by Gasteiger charge is 2.42. The van der Waals surface area contributed by atoms with Gasteiger partial charge in [0.1, 0.15) is 0 Å². The quantitative estimate of drug-likeness (QED) is 0.672. The standard InChI is InChI=1S/C11H22O/c1-4-5-6-9-7-10(9)11(12)8(2)3/h8-12H,4-7H2,1-3H3/t9-,10-,11-/m1/s1. The van der Waals surface area contributed by atoms with Gasteiger partial charge in [0.2, 0.25) is 0 Å². The molecule has 1 rings (SSSR count). The molecule has 0 amide bonds. The van der Waals surface area contributed by atoms with E-state index in [0.717, 1.165) is 5.92 Å². The molecule has 0 aromatic rings. The van der Waals surface area contributed by atoms with Crippen molar-refractivity contribution in [1.29, 1.82) is 0 Å². The van der Waals surface area contributed by atoms with Crippen molar-refractivity contribution < 1.29 is 5.11 Å². The first-order valence-corrected chi connectivity index (χ1v) is 5.34. The molecule has 1 fully saturated rings. The molecule has 1 saturated carbocycles. The van der Waals surface area contributed by atoms with Crippen molar-refractivity contribution in [3.8, 4) is 0 Å². The monoisotopic (exact) mass is 170 g/mol. The summed E-state index contributed by atoms with van der Waals surface area (Å²) in [4.78, 5) is 0. The van der Waals surface area contributed by atoms with Gasteiger partial charge in [-0.25, -0.2) is 0 Å². The highest BCUT2D eigenvalue weighted by Crippen LogP contribution is 2.46. The van der Waals surface area contributed by atoms with Crippen LogP contribution in [-0.2, 0) is 0 Å². The zero-order valence-corrected chi connectivity index (χ0v) is 8.59. The van der Waals surface area contributed by atoms with Gasteiger partial charge in [0.25, 0.3) is 0 Å². The Morgan fingerprint density at radius 1 is 1.42 bits per heavy atom. The molecule has 1 aliphatic carbocycles. The lowest BCUT2D eigenvalue weighted by molar-refractivity contribution is 0.0969. The van der Waals surface area contributed by atoms with Crippen LogP contribution in [0.3, 0.4) is 0 Å². The first-order valence-electron chi connectivity index (χ1n) is 5.34. The third-order valence-corrected chi connectivity index (χ3v) is 3.03. The maximum Gasteiger partial charge on any atom is 0.0594 e. The Bertz CT molecular complexity index is 131. The highest BCUT2D eigenvalue weighted by molar-refractivity contribution is 4.91. The minimum absolute atomic E-state index is 0.0353. The van der Waals surface area contributed by atoms with Crippen molar-refractivity contribution in [1.82, 2.24) is 0 Å². The van der Waals surface area contributed by atoms with Crippen molar-refractivity contribution in [2.24, 2.45) is 17.8 Å². The van der Waals surface area contributed by atoms with Crippen LogP contribution < -0.4 is 0 Å². The van der Waals surface area contributed by atoms with E-state index in [1.165, 1.54) is 25.7 Å². The van der Waals surface area contributed by atoms with Crippen molar-refractivity contribution in [3.63, 3.8) is 0 Å². The molecule has 1 N–H and O–H groups in total. The number of hydrogen-bond donors (Lipinski definition) is 1. The zero-order chi connectivity index (χ0) is 9.14. The van der Waals surface area contributed by atoms with Crippen molar-refractivity contribution in [2.75, 3.05) is 0 Å². The number of unbranched alkanes of at least 4 members (excludes halogenated alkanes) is 1. The van der Waals surface area contributed by atoms with Gasteiger partial charge in [0, 0.05) is 0 Å². The number of rotatable bonds is 5. The predicted molar refractivity (Wildman–Crippen MR) is 52.0 cm³/mol. The van der Waals surface area contributed by atoms with Crippen LogP contribution in [0, 0.1) is 17.8 Å². The third kappa shape index (κ3) is 2.48. The zero-order valence-electron chi connectivity index (χ0n) is 8.59. The Morgan fingerprint density at radius 3 is 2.58 bits per heavy atom. The summed E-state index contributed by atoms with van der Waals surface area (Å²) in [6.07, 6.45) is 5.21. The molecule has 72 valence electrons. The molecule has 0 heterocycles. The first-order chi connectivity index (χ1) is 5.66. The summed E-state index contributed by atoms with van der Waals surface area (Å²) in [6, 6.07) is 0. The van der Waals surface area contributed by atoms with E-state index in [2.05, 4.69) is 20.8 Å². The fourth-order valence-corrected chi connectivity index (χ4v) is 1.98. The van der Waals surface area contributed by atoms with Crippen LogP contribution in [-0.4, -0.2) is 11.2 Å². The predicted octanol–water partition coefficient (Wildman–Crippen LogP) is 2.83. The van der Waals surface area contributed by atoms with Crippen LogP contribution in [0.5, 0.6) is 0 Å². The van der Waals surface area contributed by atoms with Crippen LogP contribution in [0.1, 0.15) is 46.5 Å². The van der Waals surface area contributed by atoms with E-state index in [1.807, 2.05) is 0 Å². The summed E-state index contributed by atoms with van der Waals surface area (Å²) in [7, 11) is 0. The van der Waals surface area contributed by atoms with Crippen molar-refractivity contribution >= 4 is 0 Å². The Kier molecular flexibility index (Phi) is 3.57. The van der Waals surface area contributed by atoms with Crippen LogP contribution in [0.15, 0.2) is 0 Å². The molecular weight excluding hydrogens is 148 g/mol. The van der Waals surface area contributed by atoms with Gasteiger partial charge >= 0.3 is 0 Å². The SMILES string of the molecule is CCCC[C@@H]1C[C@H]1[C@H](O)C(C)C. The maximum absolute atomic E-state index is 9.74. The molecule has 0 unspecified atom stereocenters. The summed E-state index contributed by atoms with van der Waals surface area (Å²) >= 11 is 0. The molecule has 1 nitrogen and oxygen atoms in total. The van der Waals surface area contributed by atoms with Gasteiger partial charge in [-0.15, -0.1) is 0 Å². The molecule has 1 aliphatic rings. The van der Waals surface area contributed by atoms with E-state index in [9.17, 15) is 5.11 Å². The summed E-state index contributed by atoms with van der Waals surface area (Å²) < 4.78 is 0. The second kappa shape index (κ2) is 4.27. The number of aliphatic hydroxyl groups is 1. The molecular formula is C11H22O. The molecule has 0 bridgehead atoms. The van der Waals surface area contributed by atoms with E-state index in [0.29, 0.717) is 11.8 Å². The molecule has 0 radical (unpaired) electrons.